The van der Waals surface area contributed by atoms with Crippen molar-refractivity contribution < 1.29 is 4.79 Å². The summed E-state index contributed by atoms with van der Waals surface area (Å²) < 4.78 is 0. The van der Waals surface area contributed by atoms with Crippen LogP contribution in [0, 0.1) is 0 Å². The monoisotopic (exact) mass is 236 g/mol. The zero-order chi connectivity index (χ0) is 11.7. The Labute approximate surface area is 104 Å². The van der Waals surface area contributed by atoms with Gasteiger partial charge in [0.05, 0.1) is 0 Å². The van der Waals surface area contributed by atoms with Gasteiger partial charge in [-0.15, -0.1) is 0 Å². The van der Waals surface area contributed by atoms with Crippen molar-refractivity contribution in [3.8, 4) is 0 Å². The van der Waals surface area contributed by atoms with Gasteiger partial charge in [-0.2, -0.15) is 0 Å². The van der Waals surface area contributed by atoms with Crippen molar-refractivity contribution in [2.24, 2.45) is 0 Å². The number of hydrogen-bond acceptors (Lipinski definition) is 3. The number of carbonyl (C=O) groups excluding carboxylic acids is 1. The molecule has 3 rings (SSSR count). The highest BCUT2D eigenvalue weighted by Gasteiger charge is 2.32. The highest BCUT2D eigenvalue weighted by molar-refractivity contribution is 5.81. The van der Waals surface area contributed by atoms with E-state index in [1.54, 1.807) is 0 Å². The van der Waals surface area contributed by atoms with Crippen molar-refractivity contribution >= 4 is 5.78 Å². The molecule has 1 aliphatic heterocycles. The maximum atomic E-state index is 11.3. The molecule has 1 saturated heterocycles. The van der Waals surface area contributed by atoms with Crippen LogP contribution in [0.5, 0.6) is 0 Å². The van der Waals surface area contributed by atoms with Crippen LogP contribution in [0.1, 0.15) is 44.9 Å². The average Bonchev–Trinajstić information content (AvgIpc) is 3.00. The molecule has 0 aromatic rings. The van der Waals surface area contributed by atoms with Gasteiger partial charge in [0.1, 0.15) is 5.78 Å². The zero-order valence-electron chi connectivity index (χ0n) is 10.7. The fraction of sp³-hybridized carbons (Fsp3) is 0.929. The number of ketones is 1. The van der Waals surface area contributed by atoms with E-state index in [2.05, 4.69) is 9.80 Å². The fourth-order valence-corrected chi connectivity index (χ4v) is 3.84. The summed E-state index contributed by atoms with van der Waals surface area (Å²) in [5.41, 5.74) is 0. The Hall–Kier alpha value is -0.410. The van der Waals surface area contributed by atoms with Crippen LogP contribution in [0.4, 0.5) is 0 Å². The normalized spacial score (nSPS) is 33.6. The summed E-state index contributed by atoms with van der Waals surface area (Å²) in [4.78, 5) is 16.6. The van der Waals surface area contributed by atoms with E-state index in [4.69, 9.17) is 0 Å². The highest BCUT2D eigenvalue weighted by Crippen LogP contribution is 2.26. The topological polar surface area (TPSA) is 23.6 Å². The smallest absolute Gasteiger partial charge is 0.134 e. The van der Waals surface area contributed by atoms with Crippen molar-refractivity contribution in [1.29, 1.82) is 0 Å². The lowest BCUT2D eigenvalue weighted by Crippen LogP contribution is -2.52. The molecule has 3 fully saturated rings. The summed E-state index contributed by atoms with van der Waals surface area (Å²) >= 11 is 0. The first-order chi connectivity index (χ1) is 8.33. The largest absolute Gasteiger partial charge is 0.300 e. The van der Waals surface area contributed by atoms with Crippen LogP contribution >= 0.6 is 0 Å². The number of carbonyl (C=O) groups is 1. The number of Topliss-reactive ketones (excluding diaryl/α,β-unsaturated/α-hetero) is 1. The Balaban J connectivity index is 1.48. The zero-order valence-corrected chi connectivity index (χ0v) is 10.7. The lowest BCUT2D eigenvalue weighted by Gasteiger charge is -2.40. The third-order valence-electron chi connectivity index (χ3n) is 4.93. The molecule has 1 heterocycles. The van der Waals surface area contributed by atoms with Crippen LogP contribution < -0.4 is 0 Å². The Morgan fingerprint density at radius 1 is 0.824 bits per heavy atom. The standard InChI is InChI=1S/C14H24N2O/c17-14-6-5-13(11-14)16-9-7-15(8-10-16)12-3-1-2-4-12/h12-13H,1-11H2. The Kier molecular flexibility index (Phi) is 3.48. The molecule has 0 aromatic carbocycles. The van der Waals surface area contributed by atoms with E-state index in [0.717, 1.165) is 25.3 Å². The maximum absolute atomic E-state index is 11.3. The van der Waals surface area contributed by atoms with Crippen molar-refractivity contribution in [3.05, 3.63) is 0 Å². The third kappa shape index (κ3) is 2.55. The molecule has 0 radical (unpaired) electrons. The second-order valence-corrected chi connectivity index (χ2v) is 5.95. The van der Waals surface area contributed by atoms with Crippen molar-refractivity contribution in [1.82, 2.24) is 9.80 Å². The molecule has 3 heteroatoms. The minimum absolute atomic E-state index is 0.480. The van der Waals surface area contributed by atoms with Crippen LogP contribution in [-0.2, 0) is 4.79 Å². The van der Waals surface area contributed by atoms with Crippen LogP contribution in [0.3, 0.4) is 0 Å². The van der Waals surface area contributed by atoms with Gasteiger partial charge in [0, 0.05) is 51.1 Å². The van der Waals surface area contributed by atoms with E-state index >= 15 is 0 Å². The molecular weight excluding hydrogens is 212 g/mol. The van der Waals surface area contributed by atoms with Gasteiger partial charge in [-0.25, -0.2) is 0 Å². The number of rotatable bonds is 2. The van der Waals surface area contributed by atoms with Gasteiger partial charge in [-0.3, -0.25) is 14.6 Å². The van der Waals surface area contributed by atoms with E-state index in [-0.39, 0.29) is 0 Å². The Morgan fingerprint density at radius 2 is 1.41 bits per heavy atom. The lowest BCUT2D eigenvalue weighted by atomic mass is 10.1. The van der Waals surface area contributed by atoms with Gasteiger partial charge in [-0.05, 0) is 19.3 Å². The second-order valence-electron chi connectivity index (χ2n) is 5.95. The lowest BCUT2D eigenvalue weighted by molar-refractivity contribution is -0.117. The molecule has 2 saturated carbocycles. The molecule has 17 heavy (non-hydrogen) atoms. The molecule has 3 nitrogen and oxygen atoms in total. The SMILES string of the molecule is O=C1CCC(N2CCN(C3CCCC3)CC2)C1. The molecule has 1 atom stereocenters. The van der Waals surface area contributed by atoms with Gasteiger partial charge >= 0.3 is 0 Å². The van der Waals surface area contributed by atoms with E-state index in [0.29, 0.717) is 11.8 Å². The Bertz CT molecular complexity index is 278. The van der Waals surface area contributed by atoms with Crippen LogP contribution in [0.15, 0.2) is 0 Å². The fourth-order valence-electron chi connectivity index (χ4n) is 3.84. The first-order valence-corrected chi connectivity index (χ1v) is 7.33. The van der Waals surface area contributed by atoms with E-state index in [1.807, 2.05) is 0 Å². The number of nitrogens with zero attached hydrogens (tertiary/aromatic N) is 2. The Morgan fingerprint density at radius 3 is 1.94 bits per heavy atom. The third-order valence-corrected chi connectivity index (χ3v) is 4.93. The van der Waals surface area contributed by atoms with Gasteiger partial charge in [0.2, 0.25) is 0 Å². The predicted octanol–water partition coefficient (Wildman–Crippen LogP) is 1.67. The summed E-state index contributed by atoms with van der Waals surface area (Å²) in [6.45, 7) is 4.84. The van der Waals surface area contributed by atoms with E-state index in [9.17, 15) is 4.79 Å². The molecule has 96 valence electrons. The highest BCUT2D eigenvalue weighted by atomic mass is 16.1. The minimum atomic E-state index is 0.480. The molecule has 0 amide bonds. The van der Waals surface area contributed by atoms with Crippen LogP contribution in [0.2, 0.25) is 0 Å². The molecule has 1 unspecified atom stereocenters. The number of hydrogen-bond donors (Lipinski definition) is 0. The molecule has 2 aliphatic carbocycles. The quantitative estimate of drug-likeness (QED) is 0.728. The van der Waals surface area contributed by atoms with Gasteiger partial charge < -0.3 is 0 Å². The molecule has 0 aromatic heterocycles. The average molecular weight is 236 g/mol. The molecule has 3 aliphatic rings. The minimum Gasteiger partial charge on any atom is -0.300 e. The predicted molar refractivity (Wildman–Crippen MR) is 68.0 cm³/mol. The van der Waals surface area contributed by atoms with Crippen molar-refractivity contribution in [2.45, 2.75) is 57.0 Å². The van der Waals surface area contributed by atoms with Crippen molar-refractivity contribution in [3.63, 3.8) is 0 Å². The first-order valence-electron chi connectivity index (χ1n) is 7.33. The maximum Gasteiger partial charge on any atom is 0.134 e. The molecular formula is C14H24N2O. The summed E-state index contributed by atoms with van der Waals surface area (Å²) in [5.74, 6) is 0.480. The molecule has 0 spiro atoms. The molecule has 0 N–H and O–H groups in total. The summed E-state index contributed by atoms with van der Waals surface area (Å²) in [7, 11) is 0. The van der Waals surface area contributed by atoms with Crippen LogP contribution in [0.25, 0.3) is 0 Å². The summed E-state index contributed by atoms with van der Waals surface area (Å²) in [6.07, 6.45) is 8.47. The summed E-state index contributed by atoms with van der Waals surface area (Å²) in [6, 6.07) is 1.45. The van der Waals surface area contributed by atoms with Gasteiger partial charge in [0.25, 0.3) is 0 Å². The number of piperazine rings is 1. The van der Waals surface area contributed by atoms with Crippen LogP contribution in [-0.4, -0.2) is 53.8 Å². The summed E-state index contributed by atoms with van der Waals surface area (Å²) in [5, 5.41) is 0. The van der Waals surface area contributed by atoms with Gasteiger partial charge in [0.15, 0.2) is 0 Å². The van der Waals surface area contributed by atoms with E-state index in [1.165, 1.54) is 51.9 Å². The molecule has 0 bridgehead atoms. The van der Waals surface area contributed by atoms with E-state index < -0.39 is 0 Å². The second kappa shape index (κ2) is 5.07. The first kappa shape index (κ1) is 11.7. The van der Waals surface area contributed by atoms with Gasteiger partial charge in [-0.1, -0.05) is 12.8 Å². The van der Waals surface area contributed by atoms with Crippen molar-refractivity contribution in [2.75, 3.05) is 26.2 Å².